The van der Waals surface area contributed by atoms with Crippen LogP contribution < -0.4 is 15.6 Å². The minimum atomic E-state index is -0.367. The highest BCUT2D eigenvalue weighted by Gasteiger charge is 2.25. The summed E-state index contributed by atoms with van der Waals surface area (Å²) < 4.78 is 6.36. The van der Waals surface area contributed by atoms with E-state index in [1.54, 1.807) is 24.3 Å². The lowest BCUT2D eigenvalue weighted by Crippen LogP contribution is -2.29. The molecule has 7 heteroatoms. The smallest absolute Gasteiger partial charge is 0.267 e. The molecule has 0 unspecified atom stereocenters. The molecule has 1 fully saturated rings. The predicted molar refractivity (Wildman–Crippen MR) is 87.1 cm³/mol. The number of halogens is 1. The van der Waals surface area contributed by atoms with Crippen LogP contribution in [0.1, 0.15) is 24.5 Å². The molecule has 1 aromatic heterocycles. The van der Waals surface area contributed by atoms with Crippen molar-refractivity contribution in [2.45, 2.75) is 25.3 Å². The number of methoxy groups -OCH3 is 1. The zero-order valence-electron chi connectivity index (χ0n) is 12.6. The van der Waals surface area contributed by atoms with Crippen molar-refractivity contribution in [2.24, 2.45) is 0 Å². The van der Waals surface area contributed by atoms with Gasteiger partial charge >= 0.3 is 0 Å². The molecule has 1 aliphatic rings. The van der Waals surface area contributed by atoms with Gasteiger partial charge in [0.05, 0.1) is 18.5 Å². The average molecular weight is 334 g/mol. The number of nitrogens with zero attached hydrogens (tertiary/aromatic N) is 2. The fraction of sp³-hybridized carbons (Fsp3) is 0.312. The molecule has 1 aliphatic carbocycles. The molecule has 0 spiro atoms. The van der Waals surface area contributed by atoms with E-state index in [2.05, 4.69) is 10.4 Å². The van der Waals surface area contributed by atoms with E-state index < -0.39 is 0 Å². The molecule has 23 heavy (non-hydrogen) atoms. The normalized spacial score (nSPS) is 13.7. The van der Waals surface area contributed by atoms with Gasteiger partial charge in [-0.25, -0.2) is 4.68 Å². The highest BCUT2D eigenvalue weighted by Crippen LogP contribution is 2.38. The van der Waals surface area contributed by atoms with Crippen LogP contribution >= 0.6 is 11.6 Å². The Morgan fingerprint density at radius 2 is 2.17 bits per heavy atom. The first-order valence-electron chi connectivity index (χ1n) is 7.28. The van der Waals surface area contributed by atoms with Gasteiger partial charge in [-0.2, -0.15) is 5.10 Å². The Kier molecular flexibility index (Phi) is 4.34. The second-order valence-electron chi connectivity index (χ2n) is 5.42. The number of carbonyl (C=O) groups is 1. The van der Waals surface area contributed by atoms with Crippen molar-refractivity contribution in [3.63, 3.8) is 0 Å². The van der Waals surface area contributed by atoms with Crippen molar-refractivity contribution in [1.29, 1.82) is 0 Å². The number of ether oxygens (including phenoxy) is 1. The summed E-state index contributed by atoms with van der Waals surface area (Å²) in [6.45, 7) is -0.158. The van der Waals surface area contributed by atoms with Gasteiger partial charge in [0.15, 0.2) is 0 Å². The van der Waals surface area contributed by atoms with Gasteiger partial charge in [-0.15, -0.1) is 0 Å². The number of carbonyl (C=O) groups excluding carboxylic acids is 1. The zero-order valence-corrected chi connectivity index (χ0v) is 13.3. The second kappa shape index (κ2) is 6.42. The third-order valence-corrected chi connectivity index (χ3v) is 3.85. The van der Waals surface area contributed by atoms with Gasteiger partial charge < -0.3 is 10.1 Å². The summed E-state index contributed by atoms with van der Waals surface area (Å²) in [6.07, 6.45) is 2.16. The van der Waals surface area contributed by atoms with Crippen molar-refractivity contribution in [3.8, 4) is 5.75 Å². The molecular formula is C16H16ClN3O3. The minimum Gasteiger partial charge on any atom is -0.495 e. The Labute approximate surface area is 138 Å². The zero-order chi connectivity index (χ0) is 16.4. The lowest BCUT2D eigenvalue weighted by molar-refractivity contribution is -0.117. The van der Waals surface area contributed by atoms with E-state index in [-0.39, 0.29) is 18.0 Å². The number of benzene rings is 1. The molecule has 2 aromatic rings. The number of anilines is 1. The van der Waals surface area contributed by atoms with Crippen LogP contribution in [0.15, 0.2) is 35.1 Å². The predicted octanol–water partition coefficient (Wildman–Crippen LogP) is 2.42. The molecule has 0 aliphatic heterocycles. The van der Waals surface area contributed by atoms with Gasteiger partial charge in [0, 0.05) is 17.0 Å². The summed E-state index contributed by atoms with van der Waals surface area (Å²) in [5.74, 6) is 0.542. The molecule has 1 heterocycles. The largest absolute Gasteiger partial charge is 0.495 e. The Morgan fingerprint density at radius 1 is 1.39 bits per heavy atom. The summed E-state index contributed by atoms with van der Waals surface area (Å²) in [4.78, 5) is 24.1. The topological polar surface area (TPSA) is 73.2 Å². The maximum Gasteiger partial charge on any atom is 0.267 e. The summed E-state index contributed by atoms with van der Waals surface area (Å²) in [5.41, 5.74) is 1.01. The maximum atomic E-state index is 12.2. The lowest BCUT2D eigenvalue weighted by Gasteiger charge is -2.11. The molecule has 120 valence electrons. The number of rotatable bonds is 5. The van der Waals surface area contributed by atoms with Crippen molar-refractivity contribution < 1.29 is 9.53 Å². The highest BCUT2D eigenvalue weighted by molar-refractivity contribution is 6.31. The molecule has 0 saturated heterocycles. The van der Waals surface area contributed by atoms with Crippen LogP contribution in [0, 0.1) is 0 Å². The van der Waals surface area contributed by atoms with Crippen LogP contribution in [-0.2, 0) is 11.3 Å². The van der Waals surface area contributed by atoms with Crippen LogP contribution in [0.3, 0.4) is 0 Å². The third kappa shape index (κ3) is 3.71. The summed E-state index contributed by atoms with van der Waals surface area (Å²) in [5, 5.41) is 7.44. The van der Waals surface area contributed by atoms with E-state index in [1.807, 2.05) is 0 Å². The molecule has 1 saturated carbocycles. The standard InChI is InChI=1S/C16H16ClN3O3/c1-23-14-6-4-11(17)8-13(14)18-15(21)9-20-16(22)7-5-12(19-20)10-2-3-10/h4-8,10H,2-3,9H2,1H3,(H,18,21). The van der Waals surface area contributed by atoms with Gasteiger partial charge in [-0.05, 0) is 37.1 Å². The van der Waals surface area contributed by atoms with Gasteiger partial charge in [0.2, 0.25) is 5.91 Å². The Hall–Kier alpha value is -2.34. The molecule has 0 bridgehead atoms. The van der Waals surface area contributed by atoms with Crippen LogP contribution in [0.4, 0.5) is 5.69 Å². The lowest BCUT2D eigenvalue weighted by atomic mass is 10.3. The molecule has 1 N–H and O–H groups in total. The van der Waals surface area contributed by atoms with E-state index in [9.17, 15) is 9.59 Å². The van der Waals surface area contributed by atoms with Crippen LogP contribution in [0.5, 0.6) is 5.75 Å². The van der Waals surface area contributed by atoms with Crippen molar-refractivity contribution in [1.82, 2.24) is 9.78 Å². The van der Waals surface area contributed by atoms with Gasteiger partial charge in [-0.1, -0.05) is 11.6 Å². The fourth-order valence-electron chi connectivity index (χ4n) is 2.28. The molecule has 1 amide bonds. The van der Waals surface area contributed by atoms with E-state index >= 15 is 0 Å². The first kappa shape index (κ1) is 15.6. The third-order valence-electron chi connectivity index (χ3n) is 3.61. The van der Waals surface area contributed by atoms with Crippen molar-refractivity contribution >= 4 is 23.2 Å². The quantitative estimate of drug-likeness (QED) is 0.912. The Bertz CT molecular complexity index is 799. The molecule has 0 atom stereocenters. The summed E-state index contributed by atoms with van der Waals surface area (Å²) in [6, 6.07) is 8.11. The summed E-state index contributed by atoms with van der Waals surface area (Å²) >= 11 is 5.93. The first-order chi connectivity index (χ1) is 11.1. The second-order valence-corrected chi connectivity index (χ2v) is 5.86. The first-order valence-corrected chi connectivity index (χ1v) is 7.66. The summed E-state index contributed by atoms with van der Waals surface area (Å²) in [7, 11) is 1.50. The number of hydrogen-bond acceptors (Lipinski definition) is 4. The molecular weight excluding hydrogens is 318 g/mol. The van der Waals surface area contributed by atoms with Crippen molar-refractivity contribution in [3.05, 3.63) is 51.4 Å². The van der Waals surface area contributed by atoms with E-state index in [4.69, 9.17) is 16.3 Å². The minimum absolute atomic E-state index is 0.158. The SMILES string of the molecule is COc1ccc(Cl)cc1NC(=O)Cn1nc(C2CC2)ccc1=O. The van der Waals surface area contributed by atoms with E-state index in [0.717, 1.165) is 18.5 Å². The average Bonchev–Trinajstić information content (AvgIpc) is 3.34. The van der Waals surface area contributed by atoms with Crippen LogP contribution in [-0.4, -0.2) is 22.8 Å². The number of amides is 1. The van der Waals surface area contributed by atoms with Crippen LogP contribution in [0.25, 0.3) is 0 Å². The van der Waals surface area contributed by atoms with Crippen molar-refractivity contribution in [2.75, 3.05) is 12.4 Å². The van der Waals surface area contributed by atoms with Gasteiger partial charge in [0.1, 0.15) is 12.3 Å². The van der Waals surface area contributed by atoms with Gasteiger partial charge in [0.25, 0.3) is 5.56 Å². The highest BCUT2D eigenvalue weighted by atomic mass is 35.5. The van der Waals surface area contributed by atoms with E-state index in [0.29, 0.717) is 22.4 Å². The number of aromatic nitrogens is 2. The monoisotopic (exact) mass is 333 g/mol. The molecule has 6 nitrogen and oxygen atoms in total. The Balaban J connectivity index is 1.76. The molecule has 3 rings (SSSR count). The van der Waals surface area contributed by atoms with E-state index in [1.165, 1.54) is 17.9 Å². The number of hydrogen-bond donors (Lipinski definition) is 1. The Morgan fingerprint density at radius 3 is 2.87 bits per heavy atom. The maximum absolute atomic E-state index is 12.2. The number of nitrogens with one attached hydrogen (secondary N) is 1. The van der Waals surface area contributed by atoms with Crippen LogP contribution in [0.2, 0.25) is 5.02 Å². The fourth-order valence-corrected chi connectivity index (χ4v) is 2.45. The molecule has 1 aromatic carbocycles. The van der Waals surface area contributed by atoms with Gasteiger partial charge in [-0.3, -0.25) is 9.59 Å². The molecule has 0 radical (unpaired) electrons.